The molecule has 88 valence electrons. The van der Waals surface area contributed by atoms with E-state index in [2.05, 4.69) is 0 Å². The van der Waals surface area contributed by atoms with E-state index in [1.807, 2.05) is 6.92 Å². The molecule has 0 aliphatic heterocycles. The van der Waals surface area contributed by atoms with E-state index in [-0.39, 0.29) is 18.9 Å². The number of likely N-dealkylation sites (N-methyl/N-ethyl adjacent to an activating group) is 1. The summed E-state index contributed by atoms with van der Waals surface area (Å²) < 4.78 is 0. The predicted molar refractivity (Wildman–Crippen MR) is 55.4 cm³/mol. The highest BCUT2D eigenvalue weighted by molar-refractivity contribution is 5.83. The number of carboxylic acid groups (broad SMARTS) is 1. The van der Waals surface area contributed by atoms with Crippen molar-refractivity contribution in [2.24, 2.45) is 0 Å². The summed E-state index contributed by atoms with van der Waals surface area (Å²) in [4.78, 5) is 23.5. The summed E-state index contributed by atoms with van der Waals surface area (Å²) in [6, 6.07) is -0.917. The highest BCUT2D eigenvalue weighted by atomic mass is 16.4. The van der Waals surface area contributed by atoms with Crippen LogP contribution in [0.3, 0.4) is 0 Å². The molecule has 0 aliphatic rings. The maximum absolute atomic E-state index is 11.5. The van der Waals surface area contributed by atoms with Gasteiger partial charge in [0.15, 0.2) is 0 Å². The SMILES string of the molecule is CCCCC(=O)N(C)[C@@H](CCO)C(=O)O. The molecule has 0 bridgehead atoms. The Bertz CT molecular complexity index is 217. The van der Waals surface area contributed by atoms with Crippen molar-refractivity contribution in [3.05, 3.63) is 0 Å². The zero-order valence-corrected chi connectivity index (χ0v) is 9.27. The molecular weight excluding hydrogens is 198 g/mol. The van der Waals surface area contributed by atoms with Crippen molar-refractivity contribution < 1.29 is 19.8 Å². The first-order valence-corrected chi connectivity index (χ1v) is 5.13. The molecule has 0 aromatic rings. The van der Waals surface area contributed by atoms with Gasteiger partial charge in [0.05, 0.1) is 0 Å². The Morgan fingerprint density at radius 1 is 1.40 bits per heavy atom. The highest BCUT2D eigenvalue weighted by Crippen LogP contribution is 2.06. The van der Waals surface area contributed by atoms with Crippen LogP contribution in [0.1, 0.15) is 32.6 Å². The summed E-state index contributed by atoms with van der Waals surface area (Å²) in [6.45, 7) is 1.73. The van der Waals surface area contributed by atoms with Gasteiger partial charge in [0.2, 0.25) is 5.91 Å². The number of hydrogen-bond donors (Lipinski definition) is 2. The minimum absolute atomic E-state index is 0.0731. The summed E-state index contributed by atoms with van der Waals surface area (Å²) in [5, 5.41) is 17.5. The molecule has 0 aliphatic carbocycles. The third kappa shape index (κ3) is 4.78. The van der Waals surface area contributed by atoms with E-state index in [9.17, 15) is 9.59 Å². The van der Waals surface area contributed by atoms with Crippen molar-refractivity contribution in [2.45, 2.75) is 38.6 Å². The van der Waals surface area contributed by atoms with Gasteiger partial charge in [-0.15, -0.1) is 0 Å². The van der Waals surface area contributed by atoms with Crippen LogP contribution in [0.2, 0.25) is 0 Å². The lowest BCUT2D eigenvalue weighted by atomic mass is 10.1. The predicted octanol–water partition coefficient (Wildman–Crippen LogP) is 0.471. The summed E-state index contributed by atoms with van der Waals surface area (Å²) >= 11 is 0. The van der Waals surface area contributed by atoms with E-state index >= 15 is 0 Å². The molecule has 0 saturated carbocycles. The van der Waals surface area contributed by atoms with Crippen molar-refractivity contribution in [3.8, 4) is 0 Å². The molecule has 0 radical (unpaired) electrons. The number of aliphatic carboxylic acids is 1. The maximum atomic E-state index is 11.5. The fraction of sp³-hybridized carbons (Fsp3) is 0.800. The number of carboxylic acids is 1. The number of rotatable bonds is 7. The average molecular weight is 217 g/mol. The molecule has 0 rings (SSSR count). The molecule has 1 atom stereocenters. The molecule has 5 heteroatoms. The minimum atomic E-state index is -1.07. The van der Waals surface area contributed by atoms with Gasteiger partial charge in [-0.1, -0.05) is 13.3 Å². The van der Waals surface area contributed by atoms with E-state index in [0.29, 0.717) is 6.42 Å². The number of amides is 1. The largest absolute Gasteiger partial charge is 0.480 e. The van der Waals surface area contributed by atoms with Crippen LogP contribution in [-0.2, 0) is 9.59 Å². The van der Waals surface area contributed by atoms with Crippen molar-refractivity contribution in [1.29, 1.82) is 0 Å². The molecule has 15 heavy (non-hydrogen) atoms. The highest BCUT2D eigenvalue weighted by Gasteiger charge is 2.25. The summed E-state index contributed by atoms with van der Waals surface area (Å²) in [7, 11) is 1.46. The van der Waals surface area contributed by atoms with Crippen LogP contribution >= 0.6 is 0 Å². The van der Waals surface area contributed by atoms with Gasteiger partial charge in [-0.05, 0) is 6.42 Å². The van der Waals surface area contributed by atoms with E-state index in [1.54, 1.807) is 0 Å². The van der Waals surface area contributed by atoms with E-state index in [0.717, 1.165) is 12.8 Å². The van der Waals surface area contributed by atoms with E-state index in [1.165, 1.54) is 11.9 Å². The lowest BCUT2D eigenvalue weighted by Gasteiger charge is -2.24. The first kappa shape index (κ1) is 13.9. The van der Waals surface area contributed by atoms with Gasteiger partial charge in [0.25, 0.3) is 0 Å². The van der Waals surface area contributed by atoms with Gasteiger partial charge < -0.3 is 15.1 Å². The second-order valence-corrected chi connectivity index (χ2v) is 3.47. The molecule has 0 saturated heterocycles. The van der Waals surface area contributed by atoms with Gasteiger partial charge in [0, 0.05) is 26.5 Å². The molecule has 0 unspecified atom stereocenters. The van der Waals surface area contributed by atoms with Crippen LogP contribution in [0.15, 0.2) is 0 Å². The smallest absolute Gasteiger partial charge is 0.326 e. The van der Waals surface area contributed by atoms with Crippen LogP contribution in [0.5, 0.6) is 0 Å². The molecule has 0 fully saturated rings. The number of aliphatic hydroxyl groups excluding tert-OH is 1. The van der Waals surface area contributed by atoms with Crippen molar-refractivity contribution >= 4 is 11.9 Å². The molecule has 2 N–H and O–H groups in total. The number of carbonyl (C=O) groups is 2. The van der Waals surface area contributed by atoms with Gasteiger partial charge in [-0.2, -0.15) is 0 Å². The Morgan fingerprint density at radius 2 is 2.00 bits per heavy atom. The Kier molecular flexibility index (Phi) is 6.70. The minimum Gasteiger partial charge on any atom is -0.480 e. The van der Waals surface area contributed by atoms with Gasteiger partial charge in [-0.25, -0.2) is 4.79 Å². The number of unbranched alkanes of at least 4 members (excludes halogenated alkanes) is 1. The Balaban J connectivity index is 4.28. The second-order valence-electron chi connectivity index (χ2n) is 3.47. The Hall–Kier alpha value is -1.10. The number of carbonyl (C=O) groups excluding carboxylic acids is 1. The molecule has 1 amide bonds. The van der Waals surface area contributed by atoms with Crippen LogP contribution in [0.25, 0.3) is 0 Å². The Labute approximate surface area is 89.7 Å². The molecule has 0 spiro atoms. The fourth-order valence-electron chi connectivity index (χ4n) is 1.28. The van der Waals surface area contributed by atoms with Crippen LogP contribution in [0.4, 0.5) is 0 Å². The normalized spacial score (nSPS) is 12.2. The second kappa shape index (κ2) is 7.23. The Morgan fingerprint density at radius 3 is 2.40 bits per heavy atom. The standard InChI is InChI=1S/C10H19NO4/c1-3-4-5-9(13)11(2)8(6-7-12)10(14)15/h8,12H,3-7H2,1-2H3,(H,14,15)/t8-/m0/s1. The van der Waals surface area contributed by atoms with Gasteiger partial charge in [0.1, 0.15) is 6.04 Å². The molecule has 5 nitrogen and oxygen atoms in total. The summed E-state index contributed by atoms with van der Waals surface area (Å²) in [5.74, 6) is -1.26. The van der Waals surface area contributed by atoms with Gasteiger partial charge in [-0.3, -0.25) is 4.79 Å². The third-order valence-electron chi connectivity index (χ3n) is 2.29. The first-order valence-electron chi connectivity index (χ1n) is 5.13. The number of hydrogen-bond acceptors (Lipinski definition) is 3. The lowest BCUT2D eigenvalue weighted by Crippen LogP contribution is -2.42. The summed E-state index contributed by atoms with van der Waals surface area (Å²) in [6.07, 6.45) is 2.10. The molecule has 0 heterocycles. The number of nitrogens with zero attached hydrogens (tertiary/aromatic N) is 1. The van der Waals surface area contributed by atoms with Crippen LogP contribution in [0, 0.1) is 0 Å². The van der Waals surface area contributed by atoms with Crippen LogP contribution in [-0.4, -0.2) is 46.7 Å². The van der Waals surface area contributed by atoms with Crippen molar-refractivity contribution in [3.63, 3.8) is 0 Å². The van der Waals surface area contributed by atoms with Gasteiger partial charge >= 0.3 is 5.97 Å². The maximum Gasteiger partial charge on any atom is 0.326 e. The van der Waals surface area contributed by atoms with Crippen LogP contribution < -0.4 is 0 Å². The average Bonchev–Trinajstić information content (AvgIpc) is 2.21. The zero-order valence-electron chi connectivity index (χ0n) is 9.27. The monoisotopic (exact) mass is 217 g/mol. The topological polar surface area (TPSA) is 77.8 Å². The van der Waals surface area contributed by atoms with E-state index < -0.39 is 12.0 Å². The first-order chi connectivity index (χ1) is 7.04. The molecule has 0 aromatic heterocycles. The number of aliphatic hydroxyl groups is 1. The molecular formula is C10H19NO4. The van der Waals surface area contributed by atoms with E-state index in [4.69, 9.17) is 10.2 Å². The molecule has 0 aromatic carbocycles. The zero-order chi connectivity index (χ0) is 11.8. The van der Waals surface area contributed by atoms with Crippen molar-refractivity contribution in [1.82, 2.24) is 4.90 Å². The quantitative estimate of drug-likeness (QED) is 0.650. The lowest BCUT2D eigenvalue weighted by molar-refractivity contribution is -0.149. The fourth-order valence-corrected chi connectivity index (χ4v) is 1.28. The van der Waals surface area contributed by atoms with Crippen molar-refractivity contribution in [2.75, 3.05) is 13.7 Å². The summed E-state index contributed by atoms with van der Waals surface area (Å²) in [5.41, 5.74) is 0. The third-order valence-corrected chi connectivity index (χ3v) is 2.29.